The van der Waals surface area contributed by atoms with Gasteiger partial charge in [0.15, 0.2) is 0 Å². The number of aromatic amines is 1. The number of fused-ring (bicyclic) bond motifs is 2. The van der Waals surface area contributed by atoms with Crippen LogP contribution in [0.25, 0.3) is 10.9 Å². The first kappa shape index (κ1) is 17.4. The lowest BCUT2D eigenvalue weighted by Gasteiger charge is -2.18. The van der Waals surface area contributed by atoms with Crippen LogP contribution >= 0.6 is 0 Å². The van der Waals surface area contributed by atoms with Gasteiger partial charge in [0.1, 0.15) is 11.6 Å². The van der Waals surface area contributed by atoms with Gasteiger partial charge in [-0.3, -0.25) is 0 Å². The number of rotatable bonds is 4. The minimum atomic E-state index is -0.336. The molecule has 1 aliphatic heterocycles. The van der Waals surface area contributed by atoms with E-state index in [1.54, 1.807) is 6.07 Å². The Morgan fingerprint density at radius 2 is 2.11 bits per heavy atom. The van der Waals surface area contributed by atoms with Gasteiger partial charge >= 0.3 is 6.03 Å². The number of ether oxygens (including phenoxy) is 1. The molecule has 3 aromatic rings. The number of carbonyl (C=O) groups is 1. The van der Waals surface area contributed by atoms with Crippen LogP contribution in [0, 0.1) is 5.82 Å². The predicted molar refractivity (Wildman–Crippen MR) is 102 cm³/mol. The summed E-state index contributed by atoms with van der Waals surface area (Å²) in [5, 5.41) is 7.05. The molecule has 2 amide bonds. The lowest BCUT2D eigenvalue weighted by molar-refractivity contribution is 0.236. The number of aromatic nitrogens is 1. The van der Waals surface area contributed by atoms with Crippen molar-refractivity contribution in [3.05, 3.63) is 65.6 Å². The monoisotopic (exact) mass is 367 g/mol. The van der Waals surface area contributed by atoms with E-state index in [1.165, 1.54) is 17.5 Å². The standard InChI is InChI=1S/C21H22FN3O2/c22-15-7-8-17-19(6-3-11-27-20(17)13-15)25-21(26)23-10-9-16-12-14-4-1-2-5-18(14)24-16/h1-2,4-5,7-8,12-13,19,24H,3,6,9-11H2,(H2,23,25,26). The van der Waals surface area contributed by atoms with Crippen LogP contribution in [0.5, 0.6) is 5.75 Å². The summed E-state index contributed by atoms with van der Waals surface area (Å²) < 4.78 is 19.0. The zero-order valence-corrected chi connectivity index (χ0v) is 14.9. The van der Waals surface area contributed by atoms with Crippen LogP contribution in [0.4, 0.5) is 9.18 Å². The van der Waals surface area contributed by atoms with Gasteiger partial charge in [0.2, 0.25) is 0 Å². The van der Waals surface area contributed by atoms with E-state index in [4.69, 9.17) is 4.74 Å². The molecule has 0 fully saturated rings. The summed E-state index contributed by atoms with van der Waals surface area (Å²) in [5.41, 5.74) is 3.00. The van der Waals surface area contributed by atoms with Crippen LogP contribution in [-0.4, -0.2) is 24.2 Å². The summed E-state index contributed by atoms with van der Waals surface area (Å²) >= 11 is 0. The average molecular weight is 367 g/mol. The number of halogens is 1. The van der Waals surface area contributed by atoms with Gasteiger partial charge in [-0.15, -0.1) is 0 Å². The molecule has 0 saturated heterocycles. The summed E-state index contributed by atoms with van der Waals surface area (Å²) in [6, 6.07) is 14.2. The molecule has 1 atom stereocenters. The van der Waals surface area contributed by atoms with Gasteiger partial charge in [-0.2, -0.15) is 0 Å². The van der Waals surface area contributed by atoms with Gasteiger partial charge in [-0.1, -0.05) is 24.3 Å². The van der Waals surface area contributed by atoms with Crippen molar-refractivity contribution < 1.29 is 13.9 Å². The van der Waals surface area contributed by atoms with Crippen molar-refractivity contribution in [2.45, 2.75) is 25.3 Å². The number of urea groups is 1. The van der Waals surface area contributed by atoms with Crippen LogP contribution in [0.1, 0.15) is 30.1 Å². The van der Waals surface area contributed by atoms with Crippen molar-refractivity contribution in [1.29, 1.82) is 0 Å². The van der Waals surface area contributed by atoms with E-state index in [1.807, 2.05) is 18.2 Å². The minimum absolute atomic E-state index is 0.184. The van der Waals surface area contributed by atoms with E-state index >= 15 is 0 Å². The zero-order valence-electron chi connectivity index (χ0n) is 14.9. The van der Waals surface area contributed by atoms with E-state index in [2.05, 4.69) is 27.8 Å². The van der Waals surface area contributed by atoms with Crippen molar-refractivity contribution in [3.8, 4) is 5.75 Å². The molecule has 0 radical (unpaired) electrons. The quantitative estimate of drug-likeness (QED) is 0.651. The molecule has 4 rings (SSSR count). The predicted octanol–water partition coefficient (Wildman–Crippen LogP) is 4.06. The molecule has 6 heteroatoms. The highest BCUT2D eigenvalue weighted by Gasteiger charge is 2.21. The summed E-state index contributed by atoms with van der Waals surface area (Å²) in [6.07, 6.45) is 2.28. The van der Waals surface area contributed by atoms with E-state index in [0.717, 1.165) is 36.0 Å². The van der Waals surface area contributed by atoms with Gasteiger partial charge < -0.3 is 20.4 Å². The normalized spacial score (nSPS) is 16.3. The zero-order chi connectivity index (χ0) is 18.6. The molecule has 3 N–H and O–H groups in total. The van der Waals surface area contributed by atoms with Crippen LogP contribution in [0.15, 0.2) is 48.5 Å². The van der Waals surface area contributed by atoms with Crippen LogP contribution in [0.3, 0.4) is 0 Å². The summed E-state index contributed by atoms with van der Waals surface area (Å²) in [7, 11) is 0. The molecule has 1 unspecified atom stereocenters. The number of para-hydroxylation sites is 1. The van der Waals surface area contributed by atoms with Crippen molar-refractivity contribution in [2.75, 3.05) is 13.2 Å². The Labute approximate surface area is 156 Å². The molecule has 0 saturated carbocycles. The number of H-pyrrole nitrogens is 1. The third kappa shape index (κ3) is 4.05. The Kier molecular flexibility index (Phi) is 4.96. The highest BCUT2D eigenvalue weighted by atomic mass is 19.1. The molecule has 0 bridgehead atoms. The Hall–Kier alpha value is -3.02. The fourth-order valence-electron chi connectivity index (χ4n) is 3.48. The summed E-state index contributed by atoms with van der Waals surface area (Å²) in [5.74, 6) is 0.174. The fraction of sp³-hybridized carbons (Fsp3) is 0.286. The number of amides is 2. The average Bonchev–Trinajstić information content (AvgIpc) is 2.97. The molecule has 5 nitrogen and oxygen atoms in total. The Bertz CT molecular complexity index is 921. The smallest absolute Gasteiger partial charge is 0.315 e. The lowest BCUT2D eigenvalue weighted by atomic mass is 10.0. The molecule has 2 heterocycles. The van der Waals surface area contributed by atoms with Gasteiger partial charge in [0.25, 0.3) is 0 Å². The topological polar surface area (TPSA) is 66.2 Å². The SMILES string of the molecule is O=C(NCCc1cc2ccccc2[nH]1)NC1CCCOc2cc(F)ccc21. The second-order valence-corrected chi connectivity index (χ2v) is 6.76. The molecule has 1 aromatic heterocycles. The van der Waals surface area contributed by atoms with Gasteiger partial charge in [0, 0.05) is 35.8 Å². The molecular weight excluding hydrogens is 345 g/mol. The number of carbonyl (C=O) groups excluding carboxylic acids is 1. The van der Waals surface area contributed by atoms with Crippen LogP contribution in [0.2, 0.25) is 0 Å². The van der Waals surface area contributed by atoms with Crippen LogP contribution < -0.4 is 15.4 Å². The third-order valence-electron chi connectivity index (χ3n) is 4.82. The lowest BCUT2D eigenvalue weighted by Crippen LogP contribution is -2.38. The van der Waals surface area contributed by atoms with Crippen molar-refractivity contribution in [1.82, 2.24) is 15.6 Å². The van der Waals surface area contributed by atoms with E-state index in [-0.39, 0.29) is 17.9 Å². The Morgan fingerprint density at radius 3 is 3.00 bits per heavy atom. The molecule has 27 heavy (non-hydrogen) atoms. The molecule has 140 valence electrons. The number of nitrogens with one attached hydrogen (secondary N) is 3. The molecule has 0 aliphatic carbocycles. The first-order valence-corrected chi connectivity index (χ1v) is 9.22. The fourth-order valence-corrected chi connectivity index (χ4v) is 3.48. The van der Waals surface area contributed by atoms with Gasteiger partial charge in [-0.05, 0) is 36.4 Å². The van der Waals surface area contributed by atoms with Crippen molar-refractivity contribution >= 4 is 16.9 Å². The van der Waals surface area contributed by atoms with Crippen molar-refractivity contribution in [3.63, 3.8) is 0 Å². The Balaban J connectivity index is 1.34. The van der Waals surface area contributed by atoms with Crippen molar-refractivity contribution in [2.24, 2.45) is 0 Å². The summed E-state index contributed by atoms with van der Waals surface area (Å²) in [4.78, 5) is 15.7. The Morgan fingerprint density at radius 1 is 1.22 bits per heavy atom. The number of hydrogen-bond acceptors (Lipinski definition) is 2. The second kappa shape index (κ2) is 7.70. The minimum Gasteiger partial charge on any atom is -0.493 e. The highest BCUT2D eigenvalue weighted by Crippen LogP contribution is 2.31. The maximum Gasteiger partial charge on any atom is 0.315 e. The first-order chi connectivity index (χ1) is 13.2. The maximum absolute atomic E-state index is 13.4. The van der Waals surface area contributed by atoms with E-state index < -0.39 is 0 Å². The largest absolute Gasteiger partial charge is 0.493 e. The van der Waals surface area contributed by atoms with E-state index in [0.29, 0.717) is 18.9 Å². The summed E-state index contributed by atoms with van der Waals surface area (Å²) in [6.45, 7) is 1.05. The molecule has 1 aliphatic rings. The molecule has 0 spiro atoms. The van der Waals surface area contributed by atoms with Crippen LogP contribution in [-0.2, 0) is 6.42 Å². The molecular formula is C21H22FN3O2. The van der Waals surface area contributed by atoms with Gasteiger partial charge in [-0.25, -0.2) is 9.18 Å². The van der Waals surface area contributed by atoms with E-state index in [9.17, 15) is 9.18 Å². The number of hydrogen-bond donors (Lipinski definition) is 3. The third-order valence-corrected chi connectivity index (χ3v) is 4.82. The first-order valence-electron chi connectivity index (χ1n) is 9.22. The number of benzene rings is 2. The van der Waals surface area contributed by atoms with Gasteiger partial charge in [0.05, 0.1) is 12.6 Å². The second-order valence-electron chi connectivity index (χ2n) is 6.76. The maximum atomic E-state index is 13.4. The highest BCUT2D eigenvalue weighted by molar-refractivity contribution is 5.80. The molecule has 2 aromatic carbocycles.